The molecule has 0 saturated carbocycles. The number of carbonyl (C=O) groups is 1. The SMILES string of the molecule is CN(C)CC(=O)Cc1ccc2c(c1)OCCO2. The monoisotopic (exact) mass is 235 g/mol. The minimum atomic E-state index is 0.201. The molecule has 4 nitrogen and oxygen atoms in total. The second-order valence-electron chi connectivity index (χ2n) is 4.43. The molecule has 1 heterocycles. The molecule has 1 aliphatic rings. The van der Waals surface area contributed by atoms with Crippen LogP contribution in [0.1, 0.15) is 5.56 Å². The molecule has 0 bridgehead atoms. The lowest BCUT2D eigenvalue weighted by molar-refractivity contribution is -0.119. The maximum atomic E-state index is 11.7. The molecule has 2 rings (SSSR count). The number of Topliss-reactive ketones (excluding diaryl/α,β-unsaturated/α-hetero) is 1. The number of likely N-dealkylation sites (N-methyl/N-ethyl adjacent to an activating group) is 1. The molecule has 0 saturated heterocycles. The summed E-state index contributed by atoms with van der Waals surface area (Å²) in [4.78, 5) is 13.6. The fourth-order valence-electron chi connectivity index (χ4n) is 1.83. The smallest absolute Gasteiger partial charge is 0.161 e. The summed E-state index contributed by atoms with van der Waals surface area (Å²) >= 11 is 0. The number of carbonyl (C=O) groups excluding carboxylic acids is 1. The highest BCUT2D eigenvalue weighted by molar-refractivity contribution is 5.82. The Balaban J connectivity index is 2.04. The minimum Gasteiger partial charge on any atom is -0.486 e. The van der Waals surface area contributed by atoms with Crippen LogP contribution in [0, 0.1) is 0 Å². The number of nitrogens with zero attached hydrogens (tertiary/aromatic N) is 1. The zero-order valence-electron chi connectivity index (χ0n) is 10.2. The Bertz CT molecular complexity index is 415. The molecule has 0 atom stereocenters. The van der Waals surface area contributed by atoms with Crippen LogP contribution in [0.25, 0.3) is 0 Å². The number of benzene rings is 1. The van der Waals surface area contributed by atoms with Gasteiger partial charge in [-0.05, 0) is 31.8 Å². The largest absolute Gasteiger partial charge is 0.486 e. The van der Waals surface area contributed by atoms with Gasteiger partial charge in [-0.25, -0.2) is 0 Å². The maximum absolute atomic E-state index is 11.7. The van der Waals surface area contributed by atoms with Crippen LogP contribution in [0.5, 0.6) is 11.5 Å². The summed E-state index contributed by atoms with van der Waals surface area (Å²) in [6.07, 6.45) is 0.439. The van der Waals surface area contributed by atoms with Crippen molar-refractivity contribution in [3.05, 3.63) is 23.8 Å². The third-order valence-corrected chi connectivity index (χ3v) is 2.50. The first-order valence-corrected chi connectivity index (χ1v) is 5.70. The van der Waals surface area contributed by atoms with E-state index in [0.717, 1.165) is 17.1 Å². The molecule has 1 aliphatic heterocycles. The molecule has 0 radical (unpaired) electrons. The molecule has 0 spiro atoms. The van der Waals surface area contributed by atoms with Crippen molar-refractivity contribution in [2.24, 2.45) is 0 Å². The molecule has 0 fully saturated rings. The van der Waals surface area contributed by atoms with Gasteiger partial charge >= 0.3 is 0 Å². The molecule has 0 N–H and O–H groups in total. The summed E-state index contributed by atoms with van der Waals surface area (Å²) < 4.78 is 10.9. The van der Waals surface area contributed by atoms with Crippen molar-refractivity contribution < 1.29 is 14.3 Å². The molecule has 92 valence electrons. The Morgan fingerprint density at radius 2 is 1.94 bits per heavy atom. The van der Waals surface area contributed by atoms with Crippen LogP contribution < -0.4 is 9.47 Å². The van der Waals surface area contributed by atoms with Crippen molar-refractivity contribution in [3.8, 4) is 11.5 Å². The highest BCUT2D eigenvalue weighted by Crippen LogP contribution is 2.30. The van der Waals surface area contributed by atoms with Gasteiger partial charge in [0.05, 0.1) is 6.54 Å². The fraction of sp³-hybridized carbons (Fsp3) is 0.462. The predicted octanol–water partition coefficient (Wildman–Crippen LogP) is 1.13. The van der Waals surface area contributed by atoms with Crippen molar-refractivity contribution >= 4 is 5.78 Å². The van der Waals surface area contributed by atoms with Crippen molar-refractivity contribution in [2.75, 3.05) is 33.9 Å². The first kappa shape index (κ1) is 11.9. The number of fused-ring (bicyclic) bond motifs is 1. The second-order valence-corrected chi connectivity index (χ2v) is 4.43. The van der Waals surface area contributed by atoms with Crippen LogP contribution in [-0.4, -0.2) is 44.5 Å². The van der Waals surface area contributed by atoms with E-state index < -0.39 is 0 Å². The van der Waals surface area contributed by atoms with Crippen LogP contribution in [0.4, 0.5) is 0 Å². The van der Waals surface area contributed by atoms with Gasteiger partial charge in [0.2, 0.25) is 0 Å². The van der Waals surface area contributed by atoms with Gasteiger partial charge in [0.25, 0.3) is 0 Å². The molecule has 1 aromatic rings. The first-order valence-electron chi connectivity index (χ1n) is 5.70. The van der Waals surface area contributed by atoms with E-state index >= 15 is 0 Å². The molecule has 0 amide bonds. The Labute approximate surface area is 101 Å². The van der Waals surface area contributed by atoms with E-state index in [4.69, 9.17) is 9.47 Å². The van der Waals surface area contributed by atoms with Gasteiger partial charge in [-0.1, -0.05) is 6.07 Å². The van der Waals surface area contributed by atoms with Crippen LogP contribution in [0.15, 0.2) is 18.2 Å². The van der Waals surface area contributed by atoms with Gasteiger partial charge in [0.1, 0.15) is 13.2 Å². The summed E-state index contributed by atoms with van der Waals surface area (Å²) in [5.41, 5.74) is 0.973. The van der Waals surface area contributed by atoms with Crippen molar-refractivity contribution in [1.29, 1.82) is 0 Å². The van der Waals surface area contributed by atoms with Crippen molar-refractivity contribution in [2.45, 2.75) is 6.42 Å². The normalized spacial score (nSPS) is 13.8. The zero-order chi connectivity index (χ0) is 12.3. The Morgan fingerprint density at radius 1 is 1.24 bits per heavy atom. The van der Waals surface area contributed by atoms with Crippen LogP contribution >= 0.6 is 0 Å². The van der Waals surface area contributed by atoms with Crippen molar-refractivity contribution in [1.82, 2.24) is 4.90 Å². The van der Waals surface area contributed by atoms with Gasteiger partial charge in [-0.3, -0.25) is 4.79 Å². The molecule has 17 heavy (non-hydrogen) atoms. The van der Waals surface area contributed by atoms with Gasteiger partial charge < -0.3 is 14.4 Å². The molecular formula is C13H17NO3. The maximum Gasteiger partial charge on any atom is 0.161 e. The summed E-state index contributed by atoms with van der Waals surface area (Å²) in [7, 11) is 3.78. The molecular weight excluding hydrogens is 218 g/mol. The molecule has 1 aromatic carbocycles. The van der Waals surface area contributed by atoms with E-state index in [1.54, 1.807) is 0 Å². The van der Waals surface area contributed by atoms with Crippen LogP contribution in [-0.2, 0) is 11.2 Å². The summed E-state index contributed by atoms with van der Waals surface area (Å²) in [5, 5.41) is 0. The van der Waals surface area contributed by atoms with E-state index in [2.05, 4.69) is 0 Å². The second kappa shape index (κ2) is 5.19. The molecule has 0 aliphatic carbocycles. The predicted molar refractivity (Wildman–Crippen MR) is 64.7 cm³/mol. The Kier molecular flexibility index (Phi) is 3.64. The average molecular weight is 235 g/mol. The molecule has 0 unspecified atom stereocenters. The van der Waals surface area contributed by atoms with Crippen LogP contribution in [0.2, 0.25) is 0 Å². The lowest BCUT2D eigenvalue weighted by atomic mass is 10.1. The third kappa shape index (κ3) is 3.20. The highest BCUT2D eigenvalue weighted by atomic mass is 16.6. The highest BCUT2D eigenvalue weighted by Gasteiger charge is 2.13. The van der Waals surface area contributed by atoms with E-state index in [1.165, 1.54) is 0 Å². The number of hydrogen-bond acceptors (Lipinski definition) is 4. The van der Waals surface area contributed by atoms with E-state index in [9.17, 15) is 4.79 Å². The van der Waals surface area contributed by atoms with Gasteiger partial charge in [0.15, 0.2) is 17.3 Å². The number of rotatable bonds is 4. The van der Waals surface area contributed by atoms with E-state index in [-0.39, 0.29) is 5.78 Å². The van der Waals surface area contributed by atoms with Crippen molar-refractivity contribution in [3.63, 3.8) is 0 Å². The standard InChI is InChI=1S/C13H17NO3/c1-14(2)9-11(15)7-10-3-4-12-13(8-10)17-6-5-16-12/h3-4,8H,5-7,9H2,1-2H3. The number of ketones is 1. The minimum absolute atomic E-state index is 0.201. The lowest BCUT2D eigenvalue weighted by Gasteiger charge is -2.18. The fourth-order valence-corrected chi connectivity index (χ4v) is 1.83. The summed E-state index contributed by atoms with van der Waals surface area (Å²) in [5.74, 6) is 1.71. The average Bonchev–Trinajstić information content (AvgIpc) is 2.27. The van der Waals surface area contributed by atoms with E-state index in [1.807, 2.05) is 37.2 Å². The van der Waals surface area contributed by atoms with Gasteiger partial charge in [-0.15, -0.1) is 0 Å². The molecule has 4 heteroatoms. The van der Waals surface area contributed by atoms with Crippen LogP contribution in [0.3, 0.4) is 0 Å². The lowest BCUT2D eigenvalue weighted by Crippen LogP contribution is -2.23. The first-order chi connectivity index (χ1) is 8.15. The Morgan fingerprint density at radius 3 is 2.65 bits per heavy atom. The Hall–Kier alpha value is -1.55. The van der Waals surface area contributed by atoms with E-state index in [0.29, 0.717) is 26.2 Å². The molecule has 0 aromatic heterocycles. The van der Waals surface area contributed by atoms with Gasteiger partial charge in [-0.2, -0.15) is 0 Å². The summed E-state index contributed by atoms with van der Waals surface area (Å²) in [6.45, 7) is 1.63. The number of hydrogen-bond donors (Lipinski definition) is 0. The van der Waals surface area contributed by atoms with Gasteiger partial charge in [0, 0.05) is 6.42 Å². The summed E-state index contributed by atoms with van der Waals surface area (Å²) in [6, 6.07) is 5.68. The topological polar surface area (TPSA) is 38.8 Å². The quantitative estimate of drug-likeness (QED) is 0.784. The zero-order valence-corrected chi connectivity index (χ0v) is 10.2. The number of ether oxygens (including phenoxy) is 2. The third-order valence-electron chi connectivity index (χ3n) is 2.50.